The van der Waals surface area contributed by atoms with Crippen molar-refractivity contribution in [3.05, 3.63) is 0 Å². The van der Waals surface area contributed by atoms with E-state index in [1.54, 1.807) is 0 Å². The minimum atomic E-state index is 0.910. The lowest BCUT2D eigenvalue weighted by Crippen LogP contribution is -2.38. The molecule has 3 atom stereocenters. The Morgan fingerprint density at radius 2 is 1.90 bits per heavy atom. The maximum absolute atomic E-state index is 3.58. The van der Waals surface area contributed by atoms with Crippen molar-refractivity contribution in [2.45, 2.75) is 70.8 Å². The molecule has 0 aromatic heterocycles. The van der Waals surface area contributed by atoms with Crippen molar-refractivity contribution >= 4 is 0 Å². The molecule has 0 aromatic carbocycles. The van der Waals surface area contributed by atoms with Gasteiger partial charge in [0, 0.05) is 6.04 Å². The maximum atomic E-state index is 3.58. The Morgan fingerprint density at radius 1 is 1.05 bits per heavy atom. The van der Waals surface area contributed by atoms with Gasteiger partial charge in [0.1, 0.15) is 0 Å². The van der Waals surface area contributed by atoms with Gasteiger partial charge in [-0.3, -0.25) is 0 Å². The van der Waals surface area contributed by atoms with Gasteiger partial charge in [-0.2, -0.15) is 0 Å². The topological polar surface area (TPSA) is 15.3 Å². The molecule has 1 aliphatic carbocycles. The first-order valence-corrected chi connectivity index (χ1v) is 9.29. The Morgan fingerprint density at radius 3 is 2.65 bits per heavy atom. The van der Waals surface area contributed by atoms with Crippen LogP contribution in [0.1, 0.15) is 64.7 Å². The second kappa shape index (κ2) is 7.26. The lowest BCUT2D eigenvalue weighted by atomic mass is 9.85. The van der Waals surface area contributed by atoms with Gasteiger partial charge in [0.05, 0.1) is 0 Å². The van der Waals surface area contributed by atoms with Crippen LogP contribution in [0.2, 0.25) is 0 Å². The summed E-state index contributed by atoms with van der Waals surface area (Å²) >= 11 is 0. The lowest BCUT2D eigenvalue weighted by molar-refractivity contribution is 0.165. The molecule has 0 amide bonds. The monoisotopic (exact) mass is 278 g/mol. The minimum absolute atomic E-state index is 0.910. The minimum Gasteiger partial charge on any atom is -0.316 e. The molecule has 0 aromatic rings. The summed E-state index contributed by atoms with van der Waals surface area (Å²) in [6.07, 6.45) is 13.3. The molecule has 0 radical (unpaired) electrons. The van der Waals surface area contributed by atoms with Gasteiger partial charge in [-0.15, -0.1) is 0 Å². The summed E-state index contributed by atoms with van der Waals surface area (Å²) in [5.41, 5.74) is 0. The molecule has 1 saturated carbocycles. The zero-order valence-electron chi connectivity index (χ0n) is 13.4. The normalized spacial score (nSPS) is 34.6. The third-order valence-electron chi connectivity index (χ3n) is 6.37. The van der Waals surface area contributed by atoms with Gasteiger partial charge in [-0.1, -0.05) is 19.8 Å². The number of rotatable bonds is 5. The summed E-state index contributed by atoms with van der Waals surface area (Å²) < 4.78 is 0. The third kappa shape index (κ3) is 3.57. The molecule has 3 rings (SSSR count). The van der Waals surface area contributed by atoms with E-state index in [-0.39, 0.29) is 0 Å². The van der Waals surface area contributed by atoms with Crippen LogP contribution < -0.4 is 5.32 Å². The summed E-state index contributed by atoms with van der Waals surface area (Å²) in [7, 11) is 0. The Kier molecular flexibility index (Phi) is 5.39. The summed E-state index contributed by atoms with van der Waals surface area (Å²) in [6, 6.07) is 0.953. The SMILES string of the molecule is CC(CCN1CCCC1C1CCCC1)C1CCCNC1. The second-order valence-electron chi connectivity index (χ2n) is 7.66. The fourth-order valence-electron chi connectivity index (χ4n) is 4.98. The fourth-order valence-corrected chi connectivity index (χ4v) is 4.98. The predicted octanol–water partition coefficient (Wildman–Crippen LogP) is 3.67. The zero-order chi connectivity index (χ0) is 13.8. The molecule has 3 unspecified atom stereocenters. The Bertz CT molecular complexity index is 279. The van der Waals surface area contributed by atoms with E-state index < -0.39 is 0 Å². The predicted molar refractivity (Wildman–Crippen MR) is 85.9 cm³/mol. The molecule has 0 bridgehead atoms. The highest BCUT2D eigenvalue weighted by molar-refractivity contribution is 4.88. The molecule has 20 heavy (non-hydrogen) atoms. The lowest BCUT2D eigenvalue weighted by Gasteiger charge is -2.33. The number of likely N-dealkylation sites (tertiary alicyclic amines) is 1. The highest BCUT2D eigenvalue weighted by atomic mass is 15.2. The van der Waals surface area contributed by atoms with E-state index in [4.69, 9.17) is 0 Å². The van der Waals surface area contributed by atoms with Crippen molar-refractivity contribution in [3.8, 4) is 0 Å². The molecule has 2 saturated heterocycles. The number of piperidine rings is 1. The van der Waals surface area contributed by atoms with Gasteiger partial charge in [-0.25, -0.2) is 0 Å². The van der Waals surface area contributed by atoms with E-state index >= 15 is 0 Å². The molecule has 3 aliphatic rings. The van der Waals surface area contributed by atoms with E-state index in [1.807, 2.05) is 0 Å². The number of nitrogens with one attached hydrogen (secondary N) is 1. The van der Waals surface area contributed by atoms with Crippen LogP contribution in [0, 0.1) is 17.8 Å². The third-order valence-corrected chi connectivity index (χ3v) is 6.37. The smallest absolute Gasteiger partial charge is 0.0124 e. The van der Waals surface area contributed by atoms with Gasteiger partial charge in [0.15, 0.2) is 0 Å². The summed E-state index contributed by atoms with van der Waals surface area (Å²) in [5, 5.41) is 3.58. The van der Waals surface area contributed by atoms with Crippen molar-refractivity contribution in [1.82, 2.24) is 10.2 Å². The molecular formula is C18H34N2. The van der Waals surface area contributed by atoms with Crippen LogP contribution >= 0.6 is 0 Å². The van der Waals surface area contributed by atoms with Crippen LogP contribution in [0.15, 0.2) is 0 Å². The molecule has 2 heterocycles. The molecule has 2 aliphatic heterocycles. The standard InChI is InChI=1S/C18H34N2/c1-15(17-8-4-11-19-14-17)10-13-20-12-5-9-18(20)16-6-2-3-7-16/h15-19H,2-14H2,1H3. The first-order valence-electron chi connectivity index (χ1n) is 9.29. The molecule has 2 heteroatoms. The van der Waals surface area contributed by atoms with Gasteiger partial charge >= 0.3 is 0 Å². The Balaban J connectivity index is 1.44. The molecule has 0 spiro atoms. The van der Waals surface area contributed by atoms with Crippen molar-refractivity contribution in [3.63, 3.8) is 0 Å². The first kappa shape index (κ1) is 14.8. The van der Waals surface area contributed by atoms with Crippen LogP contribution in [0.4, 0.5) is 0 Å². The van der Waals surface area contributed by atoms with Crippen molar-refractivity contribution in [1.29, 1.82) is 0 Å². The second-order valence-corrected chi connectivity index (χ2v) is 7.66. The molecular weight excluding hydrogens is 244 g/mol. The highest BCUT2D eigenvalue weighted by Gasteiger charge is 2.33. The van der Waals surface area contributed by atoms with E-state index in [0.29, 0.717) is 0 Å². The number of hydrogen-bond donors (Lipinski definition) is 1. The highest BCUT2D eigenvalue weighted by Crippen LogP contribution is 2.35. The molecule has 2 nitrogen and oxygen atoms in total. The van der Waals surface area contributed by atoms with Crippen LogP contribution in [0.3, 0.4) is 0 Å². The largest absolute Gasteiger partial charge is 0.316 e. The van der Waals surface area contributed by atoms with Crippen molar-refractivity contribution in [2.24, 2.45) is 17.8 Å². The van der Waals surface area contributed by atoms with E-state index in [2.05, 4.69) is 17.1 Å². The Hall–Kier alpha value is -0.0800. The summed E-state index contributed by atoms with van der Waals surface area (Å²) in [6.45, 7) is 7.78. The molecule has 1 N–H and O–H groups in total. The van der Waals surface area contributed by atoms with Gasteiger partial charge in [-0.05, 0) is 88.9 Å². The molecule has 116 valence electrons. The zero-order valence-corrected chi connectivity index (χ0v) is 13.4. The van der Waals surface area contributed by atoms with E-state index in [1.165, 1.54) is 84.0 Å². The van der Waals surface area contributed by atoms with Crippen LogP contribution in [0.25, 0.3) is 0 Å². The van der Waals surface area contributed by atoms with Gasteiger partial charge in [0.25, 0.3) is 0 Å². The van der Waals surface area contributed by atoms with Gasteiger partial charge in [0.2, 0.25) is 0 Å². The van der Waals surface area contributed by atoms with Crippen LogP contribution in [0.5, 0.6) is 0 Å². The first-order chi connectivity index (χ1) is 9.84. The quantitative estimate of drug-likeness (QED) is 0.825. The average Bonchev–Trinajstić information content (AvgIpc) is 3.16. The van der Waals surface area contributed by atoms with Crippen LogP contribution in [-0.2, 0) is 0 Å². The fraction of sp³-hybridized carbons (Fsp3) is 1.00. The Labute approximate surface area is 125 Å². The average molecular weight is 278 g/mol. The van der Waals surface area contributed by atoms with Crippen molar-refractivity contribution < 1.29 is 0 Å². The van der Waals surface area contributed by atoms with Crippen LogP contribution in [-0.4, -0.2) is 37.1 Å². The maximum Gasteiger partial charge on any atom is 0.0124 e. The van der Waals surface area contributed by atoms with E-state index in [9.17, 15) is 0 Å². The summed E-state index contributed by atoms with van der Waals surface area (Å²) in [5.74, 6) is 2.90. The van der Waals surface area contributed by atoms with Crippen molar-refractivity contribution in [2.75, 3.05) is 26.2 Å². The number of hydrogen-bond acceptors (Lipinski definition) is 2. The summed E-state index contributed by atoms with van der Waals surface area (Å²) in [4.78, 5) is 2.86. The number of nitrogens with zero attached hydrogens (tertiary/aromatic N) is 1. The molecule has 3 fully saturated rings. The van der Waals surface area contributed by atoms with Gasteiger partial charge < -0.3 is 10.2 Å². The van der Waals surface area contributed by atoms with E-state index in [0.717, 1.165) is 23.8 Å².